The van der Waals surface area contributed by atoms with Crippen molar-refractivity contribution in [1.82, 2.24) is 4.90 Å². The third-order valence-electron chi connectivity index (χ3n) is 5.16. The van der Waals surface area contributed by atoms with Crippen LogP contribution in [0.5, 0.6) is 0 Å². The molecule has 0 saturated heterocycles. The number of nitrogens with one attached hydrogen (secondary N) is 1. The molecule has 1 aromatic carbocycles. The van der Waals surface area contributed by atoms with Gasteiger partial charge in [-0.05, 0) is 60.9 Å². The predicted octanol–water partition coefficient (Wildman–Crippen LogP) is 3.51. The van der Waals surface area contributed by atoms with E-state index >= 15 is 0 Å². The summed E-state index contributed by atoms with van der Waals surface area (Å²) in [5, 5.41) is 4.65. The molecule has 1 saturated carbocycles. The van der Waals surface area contributed by atoms with Gasteiger partial charge in [0.15, 0.2) is 6.23 Å². The Labute approximate surface area is 152 Å². The Morgan fingerprint density at radius 3 is 2.60 bits per heavy atom. The molecule has 134 valence electrons. The summed E-state index contributed by atoms with van der Waals surface area (Å²) in [7, 11) is 2.04. The number of ether oxygens (including phenoxy) is 1. The van der Waals surface area contributed by atoms with E-state index in [9.17, 15) is 4.46 Å². The van der Waals surface area contributed by atoms with Crippen LogP contribution in [0.4, 0.5) is 5.69 Å². The van der Waals surface area contributed by atoms with Crippen LogP contribution in [-0.4, -0.2) is 40.0 Å². The van der Waals surface area contributed by atoms with Gasteiger partial charge in [0.05, 0.1) is 0 Å². The Bertz CT molecular complexity index is 720. The SMILES string of the molecule is COC1C(C)=CC(c2cc([Si](C)=O)ccc2NC2CCCC2)=CN1C. The highest BCUT2D eigenvalue weighted by molar-refractivity contribution is 6.58. The summed E-state index contributed by atoms with van der Waals surface area (Å²) in [6, 6.07) is 6.74. The predicted molar refractivity (Wildman–Crippen MR) is 105 cm³/mol. The molecule has 0 aromatic heterocycles. The van der Waals surface area contributed by atoms with Crippen molar-refractivity contribution in [3.05, 3.63) is 41.6 Å². The van der Waals surface area contributed by atoms with Gasteiger partial charge in [0.2, 0.25) is 0 Å². The number of benzene rings is 1. The summed E-state index contributed by atoms with van der Waals surface area (Å²) in [5.41, 5.74) is 4.58. The molecule has 0 bridgehead atoms. The van der Waals surface area contributed by atoms with E-state index in [1.54, 1.807) is 13.7 Å². The lowest BCUT2D eigenvalue weighted by atomic mass is 9.98. The first-order chi connectivity index (χ1) is 12.0. The first kappa shape index (κ1) is 18.1. The fraction of sp³-hybridized carbons (Fsp3) is 0.500. The molecule has 1 heterocycles. The molecule has 1 fully saturated rings. The van der Waals surface area contributed by atoms with E-state index in [0.717, 1.165) is 22.0 Å². The zero-order chi connectivity index (χ0) is 18.0. The maximum Gasteiger partial charge on any atom is 0.308 e. The summed E-state index contributed by atoms with van der Waals surface area (Å²) in [4.78, 5) is 2.09. The van der Waals surface area contributed by atoms with Gasteiger partial charge in [0.25, 0.3) is 0 Å². The number of hydrogen-bond acceptors (Lipinski definition) is 4. The van der Waals surface area contributed by atoms with Crippen molar-refractivity contribution in [2.45, 2.75) is 51.4 Å². The van der Waals surface area contributed by atoms with E-state index in [2.05, 4.69) is 41.5 Å². The summed E-state index contributed by atoms with van der Waals surface area (Å²) in [5.74, 6) is 0. The van der Waals surface area contributed by atoms with Gasteiger partial charge in [-0.3, -0.25) is 0 Å². The second-order valence-corrected chi connectivity index (χ2v) is 8.86. The largest absolute Gasteiger partial charge is 0.383 e. The summed E-state index contributed by atoms with van der Waals surface area (Å²) in [6.45, 7) is 3.89. The van der Waals surface area contributed by atoms with Gasteiger partial charge in [-0.1, -0.05) is 18.9 Å². The fourth-order valence-corrected chi connectivity index (χ4v) is 4.55. The number of rotatable bonds is 5. The quantitative estimate of drug-likeness (QED) is 0.820. The lowest BCUT2D eigenvalue weighted by Gasteiger charge is -2.31. The summed E-state index contributed by atoms with van der Waals surface area (Å²) >= 11 is 0. The second kappa shape index (κ2) is 7.66. The number of allylic oxidation sites excluding steroid dienone is 2. The van der Waals surface area contributed by atoms with Crippen LogP contribution >= 0.6 is 0 Å². The van der Waals surface area contributed by atoms with Crippen LogP contribution in [0.15, 0.2) is 36.0 Å². The van der Waals surface area contributed by atoms with E-state index in [0.29, 0.717) is 6.04 Å². The highest BCUT2D eigenvalue weighted by atomic mass is 28.3. The van der Waals surface area contributed by atoms with Gasteiger partial charge in [-0.15, -0.1) is 0 Å². The Hall–Kier alpha value is -1.72. The Balaban J connectivity index is 2.00. The Morgan fingerprint density at radius 2 is 2.00 bits per heavy atom. The van der Waals surface area contributed by atoms with Crippen molar-refractivity contribution < 1.29 is 9.20 Å². The molecule has 0 spiro atoms. The number of hydrogen-bond donors (Lipinski definition) is 1. The zero-order valence-corrected chi connectivity index (χ0v) is 16.6. The molecular formula is C20H28N2O2Si. The molecule has 2 aliphatic rings. The normalized spacial score (nSPS) is 21.1. The lowest BCUT2D eigenvalue weighted by Crippen LogP contribution is -2.32. The fourth-order valence-electron chi connectivity index (χ4n) is 3.88. The maximum atomic E-state index is 12.1. The van der Waals surface area contributed by atoms with E-state index in [1.807, 2.05) is 13.1 Å². The van der Waals surface area contributed by atoms with Crippen molar-refractivity contribution in [1.29, 1.82) is 0 Å². The van der Waals surface area contributed by atoms with Crippen LogP contribution in [0.1, 0.15) is 38.2 Å². The van der Waals surface area contributed by atoms with Crippen LogP contribution in [0.2, 0.25) is 6.55 Å². The van der Waals surface area contributed by atoms with Crippen LogP contribution in [0.3, 0.4) is 0 Å². The molecule has 1 aromatic rings. The van der Waals surface area contributed by atoms with Crippen molar-refractivity contribution >= 4 is 25.1 Å². The molecular weight excluding hydrogens is 328 g/mol. The van der Waals surface area contributed by atoms with E-state index < -0.39 is 8.68 Å². The minimum absolute atomic E-state index is 0.0246. The standard InChI is InChI=1S/C20H28N2O2Si/c1-14-11-15(13-22(2)20(14)24-3)18-12-17(25(4)23)9-10-19(18)21-16-7-5-6-8-16/h9-13,16,20-21H,5-8H2,1-4H3. The number of likely N-dealkylation sites (N-methyl/N-ethyl adjacent to an activating group) is 1. The Kier molecular flexibility index (Phi) is 5.54. The van der Waals surface area contributed by atoms with Gasteiger partial charge >= 0.3 is 8.68 Å². The molecule has 3 rings (SSSR count). The minimum Gasteiger partial charge on any atom is -0.383 e. The monoisotopic (exact) mass is 356 g/mol. The molecule has 25 heavy (non-hydrogen) atoms. The first-order valence-corrected chi connectivity index (χ1v) is 11.0. The van der Waals surface area contributed by atoms with Crippen LogP contribution in [0.25, 0.3) is 5.57 Å². The maximum absolute atomic E-state index is 12.1. The van der Waals surface area contributed by atoms with Gasteiger partial charge in [0.1, 0.15) is 0 Å². The van der Waals surface area contributed by atoms with Gasteiger partial charge in [-0.2, -0.15) is 0 Å². The van der Waals surface area contributed by atoms with Crippen LogP contribution in [-0.2, 0) is 9.20 Å². The average Bonchev–Trinajstić information content (AvgIpc) is 3.07. The highest BCUT2D eigenvalue weighted by Gasteiger charge is 2.22. The third kappa shape index (κ3) is 3.93. The second-order valence-electron chi connectivity index (χ2n) is 7.17. The molecule has 0 radical (unpaired) electrons. The van der Waals surface area contributed by atoms with E-state index in [4.69, 9.17) is 4.74 Å². The molecule has 5 heteroatoms. The minimum atomic E-state index is -1.72. The topological polar surface area (TPSA) is 41.6 Å². The van der Waals surface area contributed by atoms with Crippen LogP contribution in [0, 0.1) is 0 Å². The van der Waals surface area contributed by atoms with Crippen molar-refractivity contribution in [2.24, 2.45) is 0 Å². The smallest absolute Gasteiger partial charge is 0.308 e. The van der Waals surface area contributed by atoms with Crippen molar-refractivity contribution in [2.75, 3.05) is 19.5 Å². The molecule has 1 aliphatic carbocycles. The van der Waals surface area contributed by atoms with E-state index in [-0.39, 0.29) is 6.23 Å². The molecule has 1 aliphatic heterocycles. The molecule has 1 N–H and O–H groups in total. The number of nitrogens with zero attached hydrogens (tertiary/aromatic N) is 1. The zero-order valence-electron chi connectivity index (χ0n) is 15.6. The van der Waals surface area contributed by atoms with Gasteiger partial charge in [0, 0.05) is 37.7 Å². The first-order valence-electron chi connectivity index (χ1n) is 9.06. The molecule has 0 amide bonds. The van der Waals surface area contributed by atoms with Gasteiger partial charge < -0.3 is 19.4 Å². The summed E-state index contributed by atoms with van der Waals surface area (Å²) < 4.78 is 17.6. The van der Waals surface area contributed by atoms with E-state index in [1.165, 1.54) is 31.3 Å². The van der Waals surface area contributed by atoms with Crippen molar-refractivity contribution in [3.8, 4) is 0 Å². The van der Waals surface area contributed by atoms with Crippen molar-refractivity contribution in [3.63, 3.8) is 0 Å². The lowest BCUT2D eigenvalue weighted by molar-refractivity contribution is 0.0359. The number of methoxy groups -OCH3 is 1. The highest BCUT2D eigenvalue weighted by Crippen LogP contribution is 2.32. The summed E-state index contributed by atoms with van der Waals surface area (Å²) in [6.07, 6.45) is 9.33. The average molecular weight is 357 g/mol. The molecule has 1 unspecified atom stereocenters. The number of anilines is 1. The molecule has 1 atom stereocenters. The third-order valence-corrected chi connectivity index (χ3v) is 6.28. The van der Waals surface area contributed by atoms with Gasteiger partial charge in [-0.25, -0.2) is 0 Å². The molecule has 4 nitrogen and oxygen atoms in total. The van der Waals surface area contributed by atoms with Crippen LogP contribution < -0.4 is 10.5 Å². The Morgan fingerprint density at radius 1 is 1.28 bits per heavy atom.